The Labute approximate surface area is 215 Å². The molecule has 0 atom stereocenters. The zero-order valence-electron chi connectivity index (χ0n) is 20.4. The Morgan fingerprint density at radius 2 is 1.84 bits per heavy atom. The summed E-state index contributed by atoms with van der Waals surface area (Å²) in [5.41, 5.74) is -2.06. The zero-order chi connectivity index (χ0) is 27.7. The van der Waals surface area contributed by atoms with Crippen molar-refractivity contribution in [1.29, 1.82) is 0 Å². The highest BCUT2D eigenvalue weighted by Gasteiger charge is 2.36. The number of hydrogen-bond acceptors (Lipinski definition) is 8. The summed E-state index contributed by atoms with van der Waals surface area (Å²) in [5, 5.41) is 5.78. The van der Waals surface area contributed by atoms with Crippen molar-refractivity contribution in [1.82, 2.24) is 34.1 Å². The van der Waals surface area contributed by atoms with Gasteiger partial charge in [-0.3, -0.25) is 0 Å². The van der Waals surface area contributed by atoms with Crippen molar-refractivity contribution in [2.24, 2.45) is 0 Å². The molecule has 3 aromatic rings. The molecule has 1 saturated heterocycles. The Hall–Kier alpha value is -3.24. The maximum absolute atomic E-state index is 13.8. The second-order valence-electron chi connectivity index (χ2n) is 8.74. The first-order chi connectivity index (χ1) is 17.9. The van der Waals surface area contributed by atoms with Crippen LogP contribution in [0.3, 0.4) is 0 Å². The minimum atomic E-state index is -4.80. The van der Waals surface area contributed by atoms with Gasteiger partial charge in [-0.15, -0.1) is 0 Å². The number of nitrogens with one attached hydrogen (secondary N) is 2. The third kappa shape index (κ3) is 6.24. The van der Waals surface area contributed by atoms with Gasteiger partial charge >= 0.3 is 6.18 Å². The average molecular weight is 561 g/mol. The predicted octanol–water partition coefficient (Wildman–Crippen LogP) is 3.24. The Bertz CT molecular complexity index is 1390. The van der Waals surface area contributed by atoms with Crippen LogP contribution >= 0.6 is 0 Å². The van der Waals surface area contributed by atoms with Crippen molar-refractivity contribution >= 4 is 16.0 Å². The van der Waals surface area contributed by atoms with Gasteiger partial charge in [-0.2, -0.15) is 13.2 Å². The molecule has 0 aromatic carbocycles. The lowest BCUT2D eigenvalue weighted by Gasteiger charge is -2.30. The van der Waals surface area contributed by atoms with Crippen molar-refractivity contribution < 1.29 is 30.4 Å². The molecule has 10 nitrogen and oxygen atoms in total. The number of imidazole rings is 1. The summed E-state index contributed by atoms with van der Waals surface area (Å²) in [6.07, 6.45) is -2.87. The normalized spacial score (nSPS) is 15.8. The molecule has 0 radical (unpaired) electrons. The van der Waals surface area contributed by atoms with Gasteiger partial charge in [0.05, 0.1) is 17.6 Å². The highest BCUT2D eigenvalue weighted by molar-refractivity contribution is 7.88. The maximum atomic E-state index is 13.8. The summed E-state index contributed by atoms with van der Waals surface area (Å²) in [7, 11) is -1.70. The van der Waals surface area contributed by atoms with E-state index in [9.17, 15) is 30.4 Å². The summed E-state index contributed by atoms with van der Waals surface area (Å²) in [4.78, 5) is 15.8. The molecule has 0 spiro atoms. The van der Waals surface area contributed by atoms with E-state index in [0.717, 1.165) is 12.6 Å². The number of aromatic nitrogens is 5. The summed E-state index contributed by atoms with van der Waals surface area (Å²) in [6, 6.07) is 2.67. The molecule has 0 saturated carbocycles. The molecular formula is C22H25F5N8O2S. The van der Waals surface area contributed by atoms with Crippen LogP contribution in [0.4, 0.5) is 27.9 Å². The van der Waals surface area contributed by atoms with E-state index in [-0.39, 0.29) is 43.0 Å². The minimum absolute atomic E-state index is 0.0304. The standard InChI is InChI=1S/C22H25F5N8O2S/c1-28-9-14-3-4-17(19(31-14)20(23)24)34-11-16(30-12-34)18-15(22(25,26)27)10-29-21(33-18)32-13-5-7-35(8-6-13)38(2,36)37/h3-4,10-13,20,28H,5-9H2,1-2H3,(H,29,32,33). The van der Waals surface area contributed by atoms with E-state index in [1.54, 1.807) is 7.05 Å². The van der Waals surface area contributed by atoms with Gasteiger partial charge in [0.15, 0.2) is 0 Å². The lowest BCUT2D eigenvalue weighted by Crippen LogP contribution is -2.42. The van der Waals surface area contributed by atoms with Gasteiger partial charge in [-0.25, -0.2) is 41.4 Å². The van der Waals surface area contributed by atoms with Crippen LogP contribution in [0.15, 0.2) is 30.9 Å². The number of nitrogens with zero attached hydrogens (tertiary/aromatic N) is 6. The second kappa shape index (κ2) is 10.9. The quantitative estimate of drug-likeness (QED) is 0.404. The van der Waals surface area contributed by atoms with E-state index >= 15 is 0 Å². The minimum Gasteiger partial charge on any atom is -0.351 e. The second-order valence-corrected chi connectivity index (χ2v) is 10.7. The summed E-state index contributed by atoms with van der Waals surface area (Å²) >= 11 is 0. The Balaban J connectivity index is 1.64. The number of alkyl halides is 5. The molecule has 4 heterocycles. The lowest BCUT2D eigenvalue weighted by molar-refractivity contribution is -0.137. The molecular weight excluding hydrogens is 535 g/mol. The fraction of sp³-hybridized carbons (Fsp3) is 0.455. The van der Waals surface area contributed by atoms with Crippen LogP contribution in [-0.4, -0.2) is 69.7 Å². The van der Waals surface area contributed by atoms with Crippen LogP contribution in [0.25, 0.3) is 17.1 Å². The average Bonchev–Trinajstić information content (AvgIpc) is 3.33. The molecule has 3 aromatic heterocycles. The van der Waals surface area contributed by atoms with Crippen LogP contribution in [-0.2, 0) is 22.7 Å². The topological polar surface area (TPSA) is 118 Å². The van der Waals surface area contributed by atoms with Gasteiger partial charge < -0.3 is 15.2 Å². The Morgan fingerprint density at radius 3 is 2.45 bits per heavy atom. The van der Waals surface area contributed by atoms with Crippen molar-refractivity contribution in [3.8, 4) is 17.1 Å². The monoisotopic (exact) mass is 560 g/mol. The van der Waals surface area contributed by atoms with Crippen molar-refractivity contribution in [2.45, 2.75) is 38.0 Å². The third-order valence-electron chi connectivity index (χ3n) is 5.98. The molecule has 0 bridgehead atoms. The number of hydrogen-bond donors (Lipinski definition) is 2. The van der Waals surface area contributed by atoms with Gasteiger partial charge in [0.1, 0.15) is 29.0 Å². The van der Waals surface area contributed by atoms with Crippen LogP contribution < -0.4 is 10.6 Å². The highest BCUT2D eigenvalue weighted by atomic mass is 32.2. The smallest absolute Gasteiger partial charge is 0.351 e. The Morgan fingerprint density at radius 1 is 1.13 bits per heavy atom. The molecule has 38 heavy (non-hydrogen) atoms. The maximum Gasteiger partial charge on any atom is 0.420 e. The van der Waals surface area contributed by atoms with Crippen LogP contribution in [0, 0.1) is 0 Å². The van der Waals surface area contributed by atoms with Crippen molar-refractivity contribution in [3.05, 3.63) is 47.8 Å². The number of anilines is 1. The van der Waals surface area contributed by atoms with Gasteiger partial charge in [0.2, 0.25) is 16.0 Å². The summed E-state index contributed by atoms with van der Waals surface area (Å²) in [5.74, 6) is -0.0910. The first kappa shape index (κ1) is 27.8. The first-order valence-corrected chi connectivity index (χ1v) is 13.3. The number of rotatable bonds is 8. The van der Waals surface area contributed by atoms with E-state index < -0.39 is 39.6 Å². The molecule has 0 amide bonds. The summed E-state index contributed by atoms with van der Waals surface area (Å²) < 4.78 is 94.7. The molecule has 0 aliphatic carbocycles. The molecule has 1 fully saturated rings. The molecule has 1 aliphatic heterocycles. The van der Waals surface area contributed by atoms with Crippen LogP contribution in [0.2, 0.25) is 0 Å². The number of sulfonamides is 1. The van der Waals surface area contributed by atoms with Crippen molar-refractivity contribution in [2.75, 3.05) is 31.7 Å². The predicted molar refractivity (Wildman–Crippen MR) is 128 cm³/mol. The number of piperidine rings is 1. The van der Waals surface area contributed by atoms with E-state index in [1.165, 1.54) is 27.2 Å². The van der Waals surface area contributed by atoms with Crippen molar-refractivity contribution in [3.63, 3.8) is 0 Å². The van der Waals surface area contributed by atoms with E-state index in [2.05, 4.69) is 30.6 Å². The van der Waals surface area contributed by atoms with E-state index in [4.69, 9.17) is 0 Å². The fourth-order valence-electron chi connectivity index (χ4n) is 4.11. The number of pyridine rings is 1. The van der Waals surface area contributed by atoms with Crippen LogP contribution in [0.1, 0.15) is 36.2 Å². The van der Waals surface area contributed by atoms with E-state index in [0.29, 0.717) is 24.7 Å². The largest absolute Gasteiger partial charge is 0.420 e. The first-order valence-electron chi connectivity index (χ1n) is 11.5. The number of halogens is 5. The van der Waals surface area contributed by atoms with Gasteiger partial charge in [0, 0.05) is 38.1 Å². The zero-order valence-corrected chi connectivity index (χ0v) is 21.2. The Kier molecular flexibility index (Phi) is 7.94. The van der Waals surface area contributed by atoms with Gasteiger partial charge in [-0.05, 0) is 32.0 Å². The third-order valence-corrected chi connectivity index (χ3v) is 7.28. The SMILES string of the molecule is CNCc1ccc(-n2cnc(-c3nc(NC4CCN(S(C)(=O)=O)CC4)ncc3C(F)(F)F)c2)c(C(F)F)n1. The van der Waals surface area contributed by atoms with Gasteiger partial charge in [0.25, 0.3) is 6.43 Å². The van der Waals surface area contributed by atoms with E-state index in [1.807, 2.05) is 0 Å². The highest BCUT2D eigenvalue weighted by Crippen LogP contribution is 2.36. The van der Waals surface area contributed by atoms with Gasteiger partial charge in [-0.1, -0.05) is 0 Å². The molecule has 0 unspecified atom stereocenters. The molecule has 206 valence electrons. The molecule has 1 aliphatic rings. The lowest BCUT2D eigenvalue weighted by atomic mass is 10.1. The molecule has 16 heteroatoms. The summed E-state index contributed by atoms with van der Waals surface area (Å²) in [6.45, 7) is 0.762. The fourth-order valence-corrected chi connectivity index (χ4v) is 4.99. The molecule has 2 N–H and O–H groups in total. The van der Waals surface area contributed by atoms with Crippen LogP contribution in [0.5, 0.6) is 0 Å². The molecule has 4 rings (SSSR count).